The lowest BCUT2D eigenvalue weighted by Crippen LogP contribution is -2.57. The zero-order valence-electron chi connectivity index (χ0n) is 17.7. The number of nitrogens with one attached hydrogen (secondary N) is 2. The molecular weight excluding hydrogens is 418 g/mol. The summed E-state index contributed by atoms with van der Waals surface area (Å²) in [4.78, 5) is 36.4. The molecule has 1 atom stereocenters. The van der Waals surface area contributed by atoms with Crippen molar-refractivity contribution in [2.24, 2.45) is 0 Å². The Morgan fingerprint density at radius 1 is 1.26 bits per heavy atom. The maximum atomic E-state index is 13.5. The second-order valence-corrected chi connectivity index (χ2v) is 9.32. The van der Waals surface area contributed by atoms with Gasteiger partial charge in [0.05, 0.1) is 17.8 Å². The summed E-state index contributed by atoms with van der Waals surface area (Å²) < 4.78 is 0. The van der Waals surface area contributed by atoms with Crippen LogP contribution in [0.4, 0.5) is 10.6 Å². The topological polar surface area (TPSA) is 97.5 Å². The number of anilines is 1. The van der Waals surface area contributed by atoms with Gasteiger partial charge in [-0.3, -0.25) is 14.8 Å². The van der Waals surface area contributed by atoms with Crippen LogP contribution < -0.4 is 5.32 Å². The summed E-state index contributed by atoms with van der Waals surface area (Å²) in [6.45, 7) is 8.00. The molecule has 3 aliphatic heterocycles. The highest BCUT2D eigenvalue weighted by Gasteiger charge is 2.46. The number of aromatic nitrogens is 3. The molecule has 0 radical (unpaired) electrons. The van der Waals surface area contributed by atoms with E-state index in [1.54, 1.807) is 18.2 Å². The standard InChI is InChI=1S/C21H26ClN7O2/c1-21(2)17-14(18(26-25-17)24-19(30)15-6-3-7-16(22)23-15)12-29(21)20(31)28-10-9-27-8-4-5-13(27)11-28/h3,6-7,13H,4-5,8-12H2,1-2H3,(H2,24,25,26,30). The number of carbonyl (C=O) groups excluding carboxylic acids is 2. The minimum atomic E-state index is -0.552. The molecule has 2 saturated heterocycles. The quantitative estimate of drug-likeness (QED) is 0.695. The number of hydrogen-bond acceptors (Lipinski definition) is 5. The van der Waals surface area contributed by atoms with Gasteiger partial charge in [0.1, 0.15) is 10.8 Å². The minimum absolute atomic E-state index is 0.0370. The first-order valence-corrected chi connectivity index (χ1v) is 11.0. The normalized spacial score (nSPS) is 22.4. The smallest absolute Gasteiger partial charge is 0.321 e. The Morgan fingerprint density at radius 3 is 2.90 bits per heavy atom. The van der Waals surface area contributed by atoms with Crippen molar-refractivity contribution in [2.45, 2.75) is 44.8 Å². The zero-order valence-corrected chi connectivity index (χ0v) is 18.4. The number of hydrogen-bond donors (Lipinski definition) is 2. The predicted molar refractivity (Wildman–Crippen MR) is 116 cm³/mol. The van der Waals surface area contributed by atoms with Gasteiger partial charge in [-0.15, -0.1) is 0 Å². The fourth-order valence-corrected chi connectivity index (χ4v) is 5.13. The lowest BCUT2D eigenvalue weighted by molar-refractivity contribution is 0.0712. The third-order valence-electron chi connectivity index (χ3n) is 6.74. The Hall–Kier alpha value is -2.65. The number of piperazine rings is 1. The van der Waals surface area contributed by atoms with Crippen LogP contribution in [0.1, 0.15) is 48.4 Å². The Morgan fingerprint density at radius 2 is 2.10 bits per heavy atom. The Bertz CT molecular complexity index is 1040. The van der Waals surface area contributed by atoms with Crippen LogP contribution in [0.2, 0.25) is 5.15 Å². The molecular formula is C21H26ClN7O2. The van der Waals surface area contributed by atoms with Crippen molar-refractivity contribution in [1.82, 2.24) is 29.9 Å². The molecule has 0 aliphatic carbocycles. The Kier molecular flexibility index (Phi) is 4.90. The fraction of sp³-hybridized carbons (Fsp3) is 0.524. The number of rotatable bonds is 2. The first-order chi connectivity index (χ1) is 14.8. The van der Waals surface area contributed by atoms with E-state index in [-0.39, 0.29) is 16.9 Å². The number of nitrogens with zero attached hydrogens (tertiary/aromatic N) is 5. The number of carbonyl (C=O) groups is 2. The molecule has 1 unspecified atom stereocenters. The van der Waals surface area contributed by atoms with Crippen LogP contribution in [-0.2, 0) is 12.1 Å². The van der Waals surface area contributed by atoms with Gasteiger partial charge >= 0.3 is 6.03 Å². The van der Waals surface area contributed by atoms with Gasteiger partial charge in [0.25, 0.3) is 5.91 Å². The van der Waals surface area contributed by atoms with Crippen LogP contribution >= 0.6 is 11.6 Å². The third-order valence-corrected chi connectivity index (χ3v) is 6.95. The van der Waals surface area contributed by atoms with Crippen molar-refractivity contribution in [3.8, 4) is 0 Å². The van der Waals surface area contributed by atoms with Gasteiger partial charge in [0.15, 0.2) is 5.82 Å². The summed E-state index contributed by atoms with van der Waals surface area (Å²) in [6, 6.07) is 5.39. The maximum Gasteiger partial charge on any atom is 0.321 e. The van der Waals surface area contributed by atoms with Crippen LogP contribution in [0.3, 0.4) is 0 Å². The number of pyridine rings is 1. The van der Waals surface area contributed by atoms with E-state index in [1.165, 1.54) is 6.42 Å². The van der Waals surface area contributed by atoms with Gasteiger partial charge in [-0.05, 0) is 45.4 Å². The molecule has 5 rings (SSSR count). The van der Waals surface area contributed by atoms with E-state index in [1.807, 2.05) is 23.6 Å². The van der Waals surface area contributed by atoms with Gasteiger partial charge in [0.2, 0.25) is 0 Å². The summed E-state index contributed by atoms with van der Waals surface area (Å²) >= 11 is 5.90. The second-order valence-electron chi connectivity index (χ2n) is 8.93. The van der Waals surface area contributed by atoms with E-state index in [9.17, 15) is 9.59 Å². The van der Waals surface area contributed by atoms with Crippen LogP contribution in [0.15, 0.2) is 18.2 Å². The highest BCUT2D eigenvalue weighted by atomic mass is 35.5. The molecule has 0 aromatic carbocycles. The molecule has 3 aliphatic rings. The molecule has 2 aromatic heterocycles. The summed E-state index contributed by atoms with van der Waals surface area (Å²) in [6.07, 6.45) is 2.37. The van der Waals surface area contributed by atoms with Crippen LogP contribution in [0.25, 0.3) is 0 Å². The number of aromatic amines is 1. The lowest BCUT2D eigenvalue weighted by atomic mass is 10.0. The van der Waals surface area contributed by atoms with Gasteiger partial charge in [-0.2, -0.15) is 5.10 Å². The van der Waals surface area contributed by atoms with Crippen LogP contribution in [-0.4, -0.2) is 74.0 Å². The molecule has 5 heterocycles. The number of amides is 3. The van der Waals surface area contributed by atoms with E-state index >= 15 is 0 Å². The number of H-pyrrole nitrogens is 1. The van der Waals surface area contributed by atoms with Crippen molar-refractivity contribution >= 4 is 29.4 Å². The molecule has 2 fully saturated rings. The lowest BCUT2D eigenvalue weighted by Gasteiger charge is -2.42. The number of halogens is 1. The number of fused-ring (bicyclic) bond motifs is 2. The monoisotopic (exact) mass is 443 g/mol. The fourth-order valence-electron chi connectivity index (χ4n) is 4.97. The zero-order chi connectivity index (χ0) is 21.8. The average Bonchev–Trinajstić information content (AvgIpc) is 3.43. The molecule has 2 aromatic rings. The summed E-state index contributed by atoms with van der Waals surface area (Å²) in [5, 5.41) is 10.4. The van der Waals surface area contributed by atoms with Crippen LogP contribution in [0.5, 0.6) is 0 Å². The van der Waals surface area contributed by atoms with Crippen molar-refractivity contribution in [3.05, 3.63) is 40.3 Å². The molecule has 9 nitrogen and oxygen atoms in total. The highest BCUT2D eigenvalue weighted by molar-refractivity contribution is 6.29. The number of urea groups is 1. The maximum absolute atomic E-state index is 13.5. The van der Waals surface area contributed by atoms with Crippen molar-refractivity contribution < 1.29 is 9.59 Å². The molecule has 0 saturated carbocycles. The van der Waals surface area contributed by atoms with E-state index in [2.05, 4.69) is 25.4 Å². The SMILES string of the molecule is CC1(C)c2[nH]nc(NC(=O)c3cccc(Cl)n3)c2CN1C(=O)N1CCN2CCCC2C1. The van der Waals surface area contributed by atoms with Gasteiger partial charge < -0.3 is 15.1 Å². The van der Waals surface area contributed by atoms with E-state index in [0.717, 1.165) is 43.9 Å². The van der Waals surface area contributed by atoms with Crippen molar-refractivity contribution in [3.63, 3.8) is 0 Å². The van der Waals surface area contributed by atoms with Gasteiger partial charge in [0, 0.05) is 31.2 Å². The second kappa shape index (κ2) is 7.49. The average molecular weight is 444 g/mol. The largest absolute Gasteiger partial charge is 0.322 e. The Labute approximate surface area is 185 Å². The van der Waals surface area contributed by atoms with Crippen LogP contribution in [0, 0.1) is 0 Å². The van der Waals surface area contributed by atoms with Gasteiger partial charge in [-0.25, -0.2) is 9.78 Å². The molecule has 31 heavy (non-hydrogen) atoms. The molecule has 0 spiro atoms. The van der Waals surface area contributed by atoms with Crippen molar-refractivity contribution in [2.75, 3.05) is 31.5 Å². The minimum Gasteiger partial charge on any atom is -0.322 e. The summed E-state index contributed by atoms with van der Waals surface area (Å²) in [7, 11) is 0. The Balaban J connectivity index is 1.33. The molecule has 10 heteroatoms. The first-order valence-electron chi connectivity index (χ1n) is 10.7. The molecule has 0 bridgehead atoms. The third kappa shape index (κ3) is 3.45. The van der Waals surface area contributed by atoms with E-state index in [4.69, 9.17) is 11.6 Å². The predicted octanol–water partition coefficient (Wildman–Crippen LogP) is 2.66. The molecule has 164 valence electrons. The van der Waals surface area contributed by atoms with Gasteiger partial charge in [-0.1, -0.05) is 17.7 Å². The summed E-state index contributed by atoms with van der Waals surface area (Å²) in [5.74, 6) is 0.0301. The molecule has 2 N–H and O–H groups in total. The van der Waals surface area contributed by atoms with E-state index < -0.39 is 11.4 Å². The van der Waals surface area contributed by atoms with Crippen molar-refractivity contribution in [1.29, 1.82) is 0 Å². The summed E-state index contributed by atoms with van der Waals surface area (Å²) in [5.41, 5.74) is 1.33. The van der Waals surface area contributed by atoms with E-state index in [0.29, 0.717) is 18.4 Å². The highest BCUT2D eigenvalue weighted by Crippen LogP contribution is 2.41. The molecule has 3 amide bonds. The first kappa shape index (κ1) is 20.3.